The lowest BCUT2D eigenvalue weighted by Gasteiger charge is -2.20. The van der Waals surface area contributed by atoms with E-state index in [4.69, 9.17) is 10.1 Å². The van der Waals surface area contributed by atoms with Crippen molar-refractivity contribution in [2.24, 2.45) is 0 Å². The predicted molar refractivity (Wildman–Crippen MR) is 100 cm³/mol. The number of nitrogens with zero attached hydrogens (tertiary/aromatic N) is 2. The van der Waals surface area contributed by atoms with Crippen LogP contribution < -0.4 is 9.64 Å². The number of fused-ring (bicyclic) bond motifs is 1. The molecule has 7 nitrogen and oxygen atoms in total. The fraction of sp³-hybridized carbons (Fsp3) is 0.158. The van der Waals surface area contributed by atoms with Gasteiger partial charge in [-0.1, -0.05) is 0 Å². The lowest BCUT2D eigenvalue weighted by atomic mass is 10.1. The van der Waals surface area contributed by atoms with Gasteiger partial charge in [-0.25, -0.2) is 4.98 Å². The van der Waals surface area contributed by atoms with Gasteiger partial charge < -0.3 is 24.8 Å². The van der Waals surface area contributed by atoms with Gasteiger partial charge in [-0.2, -0.15) is 0 Å². The Kier molecular flexibility index (Phi) is 3.57. The molecule has 7 heteroatoms. The van der Waals surface area contributed by atoms with Crippen molar-refractivity contribution >= 4 is 28.1 Å². The van der Waals surface area contributed by atoms with Crippen LogP contribution in [0.1, 0.15) is 11.4 Å². The van der Waals surface area contributed by atoms with E-state index in [1.54, 1.807) is 30.2 Å². The van der Waals surface area contributed by atoms with Crippen molar-refractivity contribution in [2.75, 3.05) is 18.6 Å². The number of nitrogens with one attached hydrogen (secondary N) is 2. The largest absolute Gasteiger partial charge is 0.509 e. The van der Waals surface area contributed by atoms with Gasteiger partial charge in [0.1, 0.15) is 28.9 Å². The molecule has 132 valence electrons. The van der Waals surface area contributed by atoms with Crippen LogP contribution in [0.5, 0.6) is 11.5 Å². The first-order valence-electron chi connectivity index (χ1n) is 8.10. The Balaban J connectivity index is 1.73. The van der Waals surface area contributed by atoms with Gasteiger partial charge in [0.05, 0.1) is 30.3 Å². The number of aromatic nitrogens is 2. The molecule has 4 N–H and O–H groups in total. The van der Waals surface area contributed by atoms with Crippen LogP contribution >= 0.6 is 0 Å². The Hall–Kier alpha value is -3.48. The van der Waals surface area contributed by atoms with Crippen molar-refractivity contribution in [1.82, 2.24) is 9.97 Å². The second-order valence-corrected chi connectivity index (χ2v) is 6.20. The molecule has 2 heterocycles. The molecule has 1 aromatic heterocycles. The van der Waals surface area contributed by atoms with E-state index in [0.29, 0.717) is 17.1 Å². The van der Waals surface area contributed by atoms with E-state index in [-0.39, 0.29) is 23.9 Å². The highest BCUT2D eigenvalue weighted by molar-refractivity contribution is 6.30. The van der Waals surface area contributed by atoms with E-state index in [0.717, 1.165) is 22.3 Å². The summed E-state index contributed by atoms with van der Waals surface area (Å²) in [5, 5.41) is 28.6. The number of phenols is 1. The zero-order valence-electron chi connectivity index (χ0n) is 14.4. The minimum Gasteiger partial charge on any atom is -0.509 e. The van der Waals surface area contributed by atoms with Crippen molar-refractivity contribution in [3.63, 3.8) is 0 Å². The van der Waals surface area contributed by atoms with Gasteiger partial charge in [0.15, 0.2) is 0 Å². The second kappa shape index (κ2) is 5.80. The SMILES string of the molecule is COc1ccc2nc(C3=C(O)CN(c4ccc(O)cc4C)C3=N)[nH]c2c1. The number of anilines is 1. The molecular formula is C19H18N4O3. The Bertz CT molecular complexity index is 1070. The number of methoxy groups -OCH3 is 1. The summed E-state index contributed by atoms with van der Waals surface area (Å²) in [7, 11) is 1.59. The molecule has 1 aliphatic heterocycles. The molecule has 0 unspecified atom stereocenters. The summed E-state index contributed by atoms with van der Waals surface area (Å²) in [6.45, 7) is 2.03. The average molecular weight is 350 g/mol. The first-order chi connectivity index (χ1) is 12.5. The van der Waals surface area contributed by atoms with E-state index in [9.17, 15) is 10.2 Å². The third kappa shape index (κ3) is 2.45. The minimum absolute atomic E-state index is 0.0773. The highest BCUT2D eigenvalue weighted by Crippen LogP contribution is 2.33. The Labute approximate surface area is 149 Å². The molecule has 0 fully saturated rings. The van der Waals surface area contributed by atoms with Gasteiger partial charge >= 0.3 is 0 Å². The molecule has 2 aromatic carbocycles. The van der Waals surface area contributed by atoms with Crippen LogP contribution in [0.3, 0.4) is 0 Å². The molecule has 4 rings (SSSR count). The monoisotopic (exact) mass is 350 g/mol. The summed E-state index contributed by atoms with van der Waals surface area (Å²) in [6.07, 6.45) is 0. The van der Waals surface area contributed by atoms with Crippen LogP contribution in [0.4, 0.5) is 5.69 Å². The minimum atomic E-state index is 0.0773. The molecule has 0 aliphatic carbocycles. The van der Waals surface area contributed by atoms with E-state index in [1.165, 1.54) is 0 Å². The zero-order chi connectivity index (χ0) is 18.4. The van der Waals surface area contributed by atoms with Gasteiger partial charge in [-0.05, 0) is 42.8 Å². The number of aryl methyl sites for hydroxylation is 1. The lowest BCUT2D eigenvalue weighted by molar-refractivity contribution is 0.411. The van der Waals surface area contributed by atoms with E-state index < -0.39 is 0 Å². The topological polar surface area (TPSA) is 105 Å². The summed E-state index contributed by atoms with van der Waals surface area (Å²) in [6, 6.07) is 10.4. The number of amidine groups is 1. The number of aromatic hydroxyl groups is 1. The highest BCUT2D eigenvalue weighted by Gasteiger charge is 2.32. The average Bonchev–Trinajstić information content (AvgIpc) is 3.14. The molecule has 0 radical (unpaired) electrons. The second-order valence-electron chi connectivity index (χ2n) is 6.20. The predicted octanol–water partition coefficient (Wildman–Crippen LogP) is 3.35. The van der Waals surface area contributed by atoms with Crippen molar-refractivity contribution in [1.29, 1.82) is 5.41 Å². The maximum Gasteiger partial charge on any atom is 0.145 e. The zero-order valence-corrected chi connectivity index (χ0v) is 14.4. The van der Waals surface area contributed by atoms with Crippen LogP contribution in [-0.2, 0) is 0 Å². The number of aliphatic hydroxyl groups excluding tert-OH is 1. The van der Waals surface area contributed by atoms with Gasteiger partial charge in [-0.3, -0.25) is 5.41 Å². The number of ether oxygens (including phenoxy) is 1. The fourth-order valence-corrected chi connectivity index (χ4v) is 3.21. The van der Waals surface area contributed by atoms with Crippen LogP contribution in [-0.4, -0.2) is 39.7 Å². The van der Waals surface area contributed by atoms with E-state index >= 15 is 0 Å². The van der Waals surface area contributed by atoms with Gasteiger partial charge in [0, 0.05) is 11.8 Å². The third-order valence-electron chi connectivity index (χ3n) is 4.50. The first-order valence-corrected chi connectivity index (χ1v) is 8.10. The number of benzene rings is 2. The molecule has 0 saturated carbocycles. The van der Waals surface area contributed by atoms with Crippen molar-refractivity contribution in [3.8, 4) is 11.5 Å². The number of hydrogen-bond donors (Lipinski definition) is 4. The molecule has 0 atom stereocenters. The third-order valence-corrected chi connectivity index (χ3v) is 4.50. The van der Waals surface area contributed by atoms with Gasteiger partial charge in [0.25, 0.3) is 0 Å². The van der Waals surface area contributed by atoms with Crippen LogP contribution in [0.2, 0.25) is 0 Å². The number of aromatic amines is 1. The molecule has 0 spiro atoms. The Morgan fingerprint density at radius 2 is 2.00 bits per heavy atom. The maximum absolute atomic E-state index is 10.5. The normalized spacial score (nSPS) is 14.5. The number of hydrogen-bond acceptors (Lipinski definition) is 5. The van der Waals surface area contributed by atoms with Crippen LogP contribution in [0.15, 0.2) is 42.2 Å². The molecule has 0 amide bonds. The number of rotatable bonds is 3. The molecule has 0 bridgehead atoms. The highest BCUT2D eigenvalue weighted by atomic mass is 16.5. The molecule has 3 aromatic rings. The number of phenolic OH excluding ortho intramolecular Hbond substituents is 1. The summed E-state index contributed by atoms with van der Waals surface area (Å²) in [5.74, 6) is 1.54. The van der Waals surface area contributed by atoms with Crippen molar-refractivity contribution in [3.05, 3.63) is 53.5 Å². The van der Waals surface area contributed by atoms with Crippen LogP contribution in [0, 0.1) is 12.3 Å². The smallest absolute Gasteiger partial charge is 0.145 e. The summed E-state index contributed by atoms with van der Waals surface area (Å²) in [5.41, 5.74) is 3.44. The quantitative estimate of drug-likeness (QED) is 0.580. The van der Waals surface area contributed by atoms with Gasteiger partial charge in [-0.15, -0.1) is 0 Å². The summed E-state index contributed by atoms with van der Waals surface area (Å²) in [4.78, 5) is 9.34. The summed E-state index contributed by atoms with van der Waals surface area (Å²) < 4.78 is 5.22. The number of imidazole rings is 1. The van der Waals surface area contributed by atoms with Crippen molar-refractivity contribution < 1.29 is 14.9 Å². The fourth-order valence-electron chi connectivity index (χ4n) is 3.21. The van der Waals surface area contributed by atoms with Crippen LogP contribution in [0.25, 0.3) is 16.6 Å². The molecular weight excluding hydrogens is 332 g/mol. The van der Waals surface area contributed by atoms with E-state index in [2.05, 4.69) is 9.97 Å². The number of aliphatic hydroxyl groups is 1. The Morgan fingerprint density at radius 1 is 1.19 bits per heavy atom. The number of H-pyrrole nitrogens is 1. The standard InChI is InChI=1S/C19H18N4O3/c1-10-7-11(24)3-6-15(10)23-9-16(25)17(18(23)20)19-21-13-5-4-12(26-2)8-14(13)22-19/h3-8,20,24-25H,9H2,1-2H3,(H,21,22). The molecule has 0 saturated heterocycles. The lowest BCUT2D eigenvalue weighted by Crippen LogP contribution is -2.26. The van der Waals surface area contributed by atoms with Gasteiger partial charge in [0.2, 0.25) is 0 Å². The van der Waals surface area contributed by atoms with Crippen molar-refractivity contribution in [2.45, 2.75) is 6.92 Å². The maximum atomic E-state index is 10.5. The Morgan fingerprint density at radius 3 is 2.73 bits per heavy atom. The molecule has 26 heavy (non-hydrogen) atoms. The molecule has 1 aliphatic rings. The summed E-state index contributed by atoms with van der Waals surface area (Å²) >= 11 is 0. The van der Waals surface area contributed by atoms with E-state index in [1.807, 2.05) is 25.1 Å². The first kappa shape index (κ1) is 16.0.